The average Bonchev–Trinajstić information content (AvgIpc) is 3.01. The van der Waals surface area contributed by atoms with Crippen LogP contribution in [0.1, 0.15) is 76.1 Å². The van der Waals surface area contributed by atoms with Crippen molar-refractivity contribution in [1.29, 1.82) is 0 Å². The second-order valence-corrected chi connectivity index (χ2v) is 14.4. The molecule has 47 heavy (non-hydrogen) atoms. The molecule has 3 N–H and O–H groups in total. The Morgan fingerprint density at radius 3 is 2.26 bits per heavy atom. The fraction of sp³-hybridized carbons (Fsp3) is 0.270. The second kappa shape index (κ2) is 13.8. The fourth-order valence-corrected chi connectivity index (χ4v) is 5.59. The van der Waals surface area contributed by atoms with Crippen LogP contribution in [0.4, 0.5) is 22.0 Å². The molecule has 0 spiro atoms. The van der Waals surface area contributed by atoms with Crippen LogP contribution in [0.5, 0.6) is 0 Å². The number of rotatable bonds is 8. The van der Waals surface area contributed by atoms with Crippen molar-refractivity contribution in [2.45, 2.75) is 75.3 Å². The minimum atomic E-state index is -0.591. The van der Waals surface area contributed by atoms with E-state index in [9.17, 15) is 9.59 Å². The number of hydrogen-bond donors (Lipinski definition) is 3. The van der Waals surface area contributed by atoms with Gasteiger partial charge < -0.3 is 15.4 Å². The lowest BCUT2D eigenvalue weighted by Crippen LogP contribution is -2.27. The van der Waals surface area contributed by atoms with Crippen LogP contribution < -0.4 is 16.0 Å². The van der Waals surface area contributed by atoms with Gasteiger partial charge in [0.15, 0.2) is 5.65 Å². The molecule has 3 aromatic carbocycles. The maximum atomic E-state index is 13.4. The highest BCUT2D eigenvalue weighted by Gasteiger charge is 2.19. The summed E-state index contributed by atoms with van der Waals surface area (Å²) in [5.41, 5.74) is 3.64. The third kappa shape index (κ3) is 8.86. The van der Waals surface area contributed by atoms with Gasteiger partial charge in [-0.2, -0.15) is 0 Å². The van der Waals surface area contributed by atoms with Crippen LogP contribution in [-0.2, 0) is 10.2 Å². The lowest BCUT2D eigenvalue weighted by Gasteiger charge is -2.19. The molecule has 0 aliphatic heterocycles. The molecule has 1 atom stereocenters. The topological polar surface area (TPSA) is 118 Å². The highest BCUT2D eigenvalue weighted by molar-refractivity contribution is 7.99. The number of nitrogens with one attached hydrogen (secondary N) is 3. The number of nitrogens with zero attached hydrogens (tertiary/aromatic N) is 3. The number of hydrogen-bond acceptors (Lipinski definition) is 8. The molecule has 10 heteroatoms. The monoisotopic (exact) mass is 648 g/mol. The van der Waals surface area contributed by atoms with E-state index in [0.29, 0.717) is 28.4 Å². The molecule has 2 amide bonds. The number of benzene rings is 3. The Morgan fingerprint density at radius 1 is 0.851 bits per heavy atom. The quantitative estimate of drug-likeness (QED) is 0.153. The molecule has 0 saturated carbocycles. The maximum absolute atomic E-state index is 13.4. The summed E-state index contributed by atoms with van der Waals surface area (Å²) in [6, 6.07) is 26.7. The van der Waals surface area contributed by atoms with Gasteiger partial charge in [-0.15, -0.1) is 0 Å². The van der Waals surface area contributed by atoms with Crippen molar-refractivity contribution in [2.75, 3.05) is 10.6 Å². The summed E-state index contributed by atoms with van der Waals surface area (Å²) < 4.78 is 5.36. The van der Waals surface area contributed by atoms with Crippen LogP contribution in [0.25, 0.3) is 11.0 Å². The smallest absolute Gasteiger partial charge is 0.412 e. The van der Waals surface area contributed by atoms with Crippen molar-refractivity contribution in [3.05, 3.63) is 108 Å². The Labute approximate surface area is 280 Å². The van der Waals surface area contributed by atoms with Crippen molar-refractivity contribution in [3.63, 3.8) is 0 Å². The van der Waals surface area contributed by atoms with Crippen molar-refractivity contribution in [3.8, 4) is 0 Å². The van der Waals surface area contributed by atoms with E-state index in [2.05, 4.69) is 46.7 Å². The molecule has 0 saturated heterocycles. The van der Waals surface area contributed by atoms with Crippen molar-refractivity contribution in [2.24, 2.45) is 0 Å². The first-order valence-electron chi connectivity index (χ1n) is 15.4. The van der Waals surface area contributed by atoms with Crippen LogP contribution in [0.2, 0.25) is 0 Å². The molecule has 0 fully saturated rings. The zero-order valence-electron chi connectivity index (χ0n) is 27.7. The van der Waals surface area contributed by atoms with Crippen LogP contribution >= 0.6 is 11.8 Å². The Morgan fingerprint density at radius 2 is 1.57 bits per heavy atom. The number of ether oxygens (including phenoxy) is 1. The predicted octanol–water partition coefficient (Wildman–Crippen LogP) is 9.06. The second-order valence-electron chi connectivity index (χ2n) is 13.2. The average molecular weight is 649 g/mol. The van der Waals surface area contributed by atoms with Gasteiger partial charge in [-0.25, -0.2) is 19.7 Å². The molecule has 5 aromatic rings. The summed E-state index contributed by atoms with van der Waals surface area (Å²) in [6.45, 7) is 13.8. The first kappa shape index (κ1) is 33.4. The fourth-order valence-electron chi connectivity index (χ4n) is 4.71. The minimum Gasteiger partial charge on any atom is -0.444 e. The Bertz CT molecular complexity index is 1880. The molecular weight excluding hydrogens is 609 g/mol. The summed E-state index contributed by atoms with van der Waals surface area (Å²) in [4.78, 5) is 41.2. The molecule has 2 heterocycles. The van der Waals surface area contributed by atoms with E-state index in [4.69, 9.17) is 9.72 Å². The number of anilines is 3. The van der Waals surface area contributed by atoms with Crippen LogP contribution in [0, 0.1) is 0 Å². The first-order chi connectivity index (χ1) is 22.2. The summed E-state index contributed by atoms with van der Waals surface area (Å²) in [7, 11) is 0. The number of pyridine rings is 1. The number of fused-ring (bicyclic) bond motifs is 1. The number of carbonyl (C=O) groups excluding carboxylic acids is 2. The normalized spacial score (nSPS) is 12.3. The molecule has 1 unspecified atom stereocenters. The van der Waals surface area contributed by atoms with Gasteiger partial charge in [0.25, 0.3) is 5.91 Å². The lowest BCUT2D eigenvalue weighted by atomic mass is 9.91. The van der Waals surface area contributed by atoms with Crippen molar-refractivity contribution in [1.82, 2.24) is 20.3 Å². The molecule has 5 rings (SSSR count). The van der Waals surface area contributed by atoms with Gasteiger partial charge in [0.1, 0.15) is 17.7 Å². The number of amides is 2. The Hall–Kier alpha value is -4.96. The zero-order chi connectivity index (χ0) is 33.8. The molecular formula is C37H40N6O3S. The summed E-state index contributed by atoms with van der Waals surface area (Å²) >= 11 is 1.52. The summed E-state index contributed by atoms with van der Waals surface area (Å²) in [5, 5.41) is 10.1. The van der Waals surface area contributed by atoms with Gasteiger partial charge in [0.2, 0.25) is 0 Å². The van der Waals surface area contributed by atoms with Gasteiger partial charge in [-0.3, -0.25) is 10.1 Å². The van der Waals surface area contributed by atoms with E-state index in [-0.39, 0.29) is 17.4 Å². The maximum Gasteiger partial charge on any atom is 0.412 e. The van der Waals surface area contributed by atoms with Crippen molar-refractivity contribution < 1.29 is 14.3 Å². The molecule has 0 aliphatic rings. The lowest BCUT2D eigenvalue weighted by molar-refractivity contribution is 0.0635. The summed E-state index contributed by atoms with van der Waals surface area (Å²) in [6.07, 6.45) is 0.979. The van der Waals surface area contributed by atoms with Gasteiger partial charge in [-0.05, 0) is 87.9 Å². The van der Waals surface area contributed by atoms with E-state index < -0.39 is 11.7 Å². The third-order valence-electron chi connectivity index (χ3n) is 7.13. The SMILES string of the molecule is CC(NC(=O)c1ccc(Sc2ccc(NC(=O)OC(C)(C)C)cc2)c(Nc2ncnc3nc(C(C)(C)C)ccc23)c1)c1ccccc1. The van der Waals surface area contributed by atoms with Crippen LogP contribution in [0.3, 0.4) is 0 Å². The highest BCUT2D eigenvalue weighted by atomic mass is 32.2. The molecule has 2 aromatic heterocycles. The third-order valence-corrected chi connectivity index (χ3v) is 8.22. The van der Waals surface area contributed by atoms with E-state index in [1.54, 1.807) is 0 Å². The molecule has 9 nitrogen and oxygen atoms in total. The van der Waals surface area contributed by atoms with Crippen LogP contribution in [0.15, 0.2) is 101 Å². The highest BCUT2D eigenvalue weighted by Crippen LogP contribution is 2.37. The largest absolute Gasteiger partial charge is 0.444 e. The zero-order valence-corrected chi connectivity index (χ0v) is 28.5. The Balaban J connectivity index is 1.44. The van der Waals surface area contributed by atoms with Gasteiger partial charge in [-0.1, -0.05) is 62.9 Å². The standard InChI is InChI=1S/C37H40N6O3S/c1-23(24-11-9-8-10-12-24)40-34(44)25-13-19-30(47-27-16-14-26(15-17-27)41-35(45)46-37(5,6)7)29(21-25)42-32-28-18-20-31(36(2,3)4)43-33(28)39-22-38-32/h8-23H,1-7H3,(H,40,44)(H,41,45)(H,38,39,42,43). The molecule has 0 radical (unpaired) electrons. The van der Waals surface area contributed by atoms with Gasteiger partial charge in [0, 0.05) is 32.2 Å². The first-order valence-corrected chi connectivity index (χ1v) is 16.2. The number of aromatic nitrogens is 3. The van der Waals surface area contributed by atoms with Crippen LogP contribution in [-0.4, -0.2) is 32.6 Å². The van der Waals surface area contributed by atoms with E-state index >= 15 is 0 Å². The van der Waals surface area contributed by atoms with Gasteiger partial charge in [0.05, 0.1) is 17.1 Å². The molecule has 0 aliphatic carbocycles. The van der Waals surface area contributed by atoms with Crippen molar-refractivity contribution >= 4 is 52.0 Å². The minimum absolute atomic E-state index is 0.132. The molecule has 242 valence electrons. The summed E-state index contributed by atoms with van der Waals surface area (Å²) in [5.74, 6) is 0.388. The molecule has 0 bridgehead atoms. The van der Waals surface area contributed by atoms with E-state index in [1.165, 1.54) is 18.1 Å². The predicted molar refractivity (Wildman–Crippen MR) is 189 cm³/mol. The number of carbonyl (C=O) groups is 2. The van der Waals surface area contributed by atoms with Gasteiger partial charge >= 0.3 is 6.09 Å². The Kier molecular flexibility index (Phi) is 9.81. The van der Waals surface area contributed by atoms with E-state index in [0.717, 1.165) is 26.4 Å². The van der Waals surface area contributed by atoms with E-state index in [1.807, 2.05) is 113 Å².